The van der Waals surface area contributed by atoms with Crippen molar-refractivity contribution in [1.82, 2.24) is 5.32 Å². The van der Waals surface area contributed by atoms with Crippen molar-refractivity contribution in [2.45, 2.75) is 32.7 Å². The van der Waals surface area contributed by atoms with Crippen LogP contribution >= 0.6 is 0 Å². The molecule has 0 fully saturated rings. The van der Waals surface area contributed by atoms with Gasteiger partial charge in [0, 0.05) is 5.54 Å². The number of carbonyl (C=O) groups is 2. The average molecular weight is 156 g/mol. The number of hydrogen-bond donors (Lipinski definition) is 1. The first kappa shape index (κ1) is 10.1. The Balaban J connectivity index is 3.80. The summed E-state index contributed by atoms with van der Waals surface area (Å²) in [5.74, 6) is -0.399. The summed E-state index contributed by atoms with van der Waals surface area (Å²) in [7, 11) is 0. The first-order chi connectivity index (χ1) is 4.81. The van der Waals surface area contributed by atoms with Crippen LogP contribution in [0.25, 0.3) is 0 Å². The minimum absolute atomic E-state index is 0.0566. The summed E-state index contributed by atoms with van der Waals surface area (Å²) in [5.41, 5.74) is -0.494. The third kappa shape index (κ3) is 7.03. The Morgan fingerprint density at radius 3 is 2.18 bits per heavy atom. The number of ketones is 1. The smallest absolute Gasteiger partial charge is 0.227 e. The molecule has 1 N–H and O–H groups in total. The van der Waals surface area contributed by atoms with E-state index in [1.807, 2.05) is 0 Å². The van der Waals surface area contributed by atoms with Gasteiger partial charge in [0.1, 0.15) is 5.78 Å². The average Bonchev–Trinajstić information content (AvgIpc) is 1.53. The van der Waals surface area contributed by atoms with Gasteiger partial charge in [0.15, 0.2) is 0 Å². The molecule has 1 amide bonds. The Labute approximate surface area is 67.2 Å². The highest BCUT2D eigenvalue weighted by atomic mass is 16.2. The quantitative estimate of drug-likeness (QED) is 0.611. The molecule has 0 bridgehead atoms. The lowest BCUT2D eigenvalue weighted by Crippen LogP contribution is -2.41. The normalized spacial score (nSPS) is 10.9. The SMILES string of the molecule is [CH2]C(C)(C)NC(=O)CC(C)=O. The fourth-order valence-corrected chi connectivity index (χ4v) is 0.648. The summed E-state index contributed by atoms with van der Waals surface area (Å²) < 4.78 is 0. The van der Waals surface area contributed by atoms with Crippen molar-refractivity contribution in [3.63, 3.8) is 0 Å². The van der Waals surface area contributed by atoms with Gasteiger partial charge in [-0.15, -0.1) is 0 Å². The second-order valence-corrected chi connectivity index (χ2v) is 3.31. The van der Waals surface area contributed by atoms with Crippen LogP contribution in [0.3, 0.4) is 0 Å². The molecule has 63 valence electrons. The van der Waals surface area contributed by atoms with E-state index in [-0.39, 0.29) is 18.1 Å². The molecule has 0 unspecified atom stereocenters. The Morgan fingerprint density at radius 1 is 1.45 bits per heavy atom. The molecule has 0 aromatic rings. The molecule has 11 heavy (non-hydrogen) atoms. The van der Waals surface area contributed by atoms with E-state index in [9.17, 15) is 9.59 Å². The van der Waals surface area contributed by atoms with Crippen LogP contribution in [0.1, 0.15) is 27.2 Å². The van der Waals surface area contributed by atoms with Gasteiger partial charge in [-0.3, -0.25) is 9.59 Å². The van der Waals surface area contributed by atoms with Crippen LogP contribution in [0.2, 0.25) is 0 Å². The molecule has 0 aromatic carbocycles. The summed E-state index contributed by atoms with van der Waals surface area (Å²) in [4.78, 5) is 21.4. The summed E-state index contributed by atoms with van der Waals surface area (Å²) in [6, 6.07) is 0. The van der Waals surface area contributed by atoms with E-state index in [4.69, 9.17) is 0 Å². The first-order valence-corrected chi connectivity index (χ1v) is 3.47. The lowest BCUT2D eigenvalue weighted by atomic mass is 10.1. The third-order valence-electron chi connectivity index (χ3n) is 0.887. The molecular formula is C8H14NO2. The fraction of sp³-hybridized carbons (Fsp3) is 0.625. The molecular weight excluding hydrogens is 142 g/mol. The summed E-state index contributed by atoms with van der Waals surface area (Å²) in [6.45, 7) is 8.60. The second-order valence-electron chi connectivity index (χ2n) is 3.31. The van der Waals surface area contributed by atoms with Gasteiger partial charge >= 0.3 is 0 Å². The zero-order chi connectivity index (χ0) is 9.07. The summed E-state index contributed by atoms with van der Waals surface area (Å²) >= 11 is 0. The second kappa shape index (κ2) is 3.51. The van der Waals surface area contributed by atoms with Gasteiger partial charge in [0.2, 0.25) is 5.91 Å². The highest BCUT2D eigenvalue weighted by Crippen LogP contribution is 1.98. The van der Waals surface area contributed by atoms with E-state index >= 15 is 0 Å². The third-order valence-corrected chi connectivity index (χ3v) is 0.887. The zero-order valence-electron chi connectivity index (χ0n) is 7.23. The van der Waals surface area contributed by atoms with Crippen molar-refractivity contribution in [3.05, 3.63) is 6.92 Å². The molecule has 0 saturated carbocycles. The lowest BCUT2D eigenvalue weighted by molar-refractivity contribution is -0.127. The molecule has 1 radical (unpaired) electrons. The zero-order valence-corrected chi connectivity index (χ0v) is 7.23. The lowest BCUT2D eigenvalue weighted by Gasteiger charge is -2.19. The highest BCUT2D eigenvalue weighted by Gasteiger charge is 2.14. The van der Waals surface area contributed by atoms with Gasteiger partial charge in [0.05, 0.1) is 6.42 Å². The fourth-order valence-electron chi connectivity index (χ4n) is 0.648. The van der Waals surface area contributed by atoms with Crippen molar-refractivity contribution < 1.29 is 9.59 Å². The number of amides is 1. The molecule has 3 nitrogen and oxygen atoms in total. The molecule has 0 spiro atoms. The van der Waals surface area contributed by atoms with Crippen molar-refractivity contribution in [1.29, 1.82) is 0 Å². The van der Waals surface area contributed by atoms with Crippen molar-refractivity contribution in [3.8, 4) is 0 Å². The Morgan fingerprint density at radius 2 is 1.91 bits per heavy atom. The number of carbonyl (C=O) groups excluding carboxylic acids is 2. The largest absolute Gasteiger partial charge is 0.351 e. The molecule has 0 aliphatic carbocycles. The van der Waals surface area contributed by atoms with Gasteiger partial charge < -0.3 is 5.32 Å². The number of hydrogen-bond acceptors (Lipinski definition) is 2. The maximum Gasteiger partial charge on any atom is 0.227 e. The maximum atomic E-state index is 10.9. The van der Waals surface area contributed by atoms with Gasteiger partial charge in [-0.05, 0) is 27.7 Å². The van der Waals surface area contributed by atoms with E-state index in [2.05, 4.69) is 12.2 Å². The van der Waals surface area contributed by atoms with Crippen LogP contribution < -0.4 is 5.32 Å². The Bertz CT molecular complexity index is 167. The van der Waals surface area contributed by atoms with E-state index in [0.717, 1.165) is 0 Å². The minimum Gasteiger partial charge on any atom is -0.351 e. The van der Waals surface area contributed by atoms with Crippen molar-refractivity contribution in [2.75, 3.05) is 0 Å². The van der Waals surface area contributed by atoms with E-state index in [0.29, 0.717) is 0 Å². The number of nitrogens with one attached hydrogen (secondary N) is 1. The number of Topliss-reactive ketones (excluding diaryl/α,β-unsaturated/α-hetero) is 1. The van der Waals surface area contributed by atoms with Gasteiger partial charge in [-0.25, -0.2) is 0 Å². The van der Waals surface area contributed by atoms with Crippen LogP contribution in [-0.2, 0) is 9.59 Å². The molecule has 0 aliphatic heterocycles. The Hall–Kier alpha value is -0.860. The number of rotatable bonds is 3. The first-order valence-electron chi connectivity index (χ1n) is 3.47. The van der Waals surface area contributed by atoms with Crippen LogP contribution in [0, 0.1) is 6.92 Å². The van der Waals surface area contributed by atoms with Crippen LogP contribution in [-0.4, -0.2) is 17.2 Å². The monoisotopic (exact) mass is 156 g/mol. The standard InChI is InChI=1S/C8H14NO2/c1-6(10)5-7(11)9-8(2,3)4/h2,5H2,1,3-4H3,(H,9,11). The van der Waals surface area contributed by atoms with Crippen molar-refractivity contribution in [2.24, 2.45) is 0 Å². The predicted octanol–water partition coefficient (Wildman–Crippen LogP) is 0.694. The van der Waals surface area contributed by atoms with Gasteiger partial charge in [-0.1, -0.05) is 0 Å². The topological polar surface area (TPSA) is 46.2 Å². The minimum atomic E-state index is -0.494. The molecule has 0 rings (SSSR count). The van der Waals surface area contributed by atoms with E-state index in [1.165, 1.54) is 6.92 Å². The van der Waals surface area contributed by atoms with E-state index < -0.39 is 5.54 Å². The molecule has 0 aromatic heterocycles. The summed E-state index contributed by atoms with van der Waals surface area (Å²) in [6.07, 6.45) is -0.0566. The van der Waals surface area contributed by atoms with Gasteiger partial charge in [0.25, 0.3) is 0 Å². The summed E-state index contributed by atoms with van der Waals surface area (Å²) in [5, 5.41) is 2.58. The Kier molecular flexibility index (Phi) is 3.23. The molecule has 0 aliphatic rings. The molecule has 0 heterocycles. The maximum absolute atomic E-state index is 10.9. The predicted molar refractivity (Wildman–Crippen MR) is 42.9 cm³/mol. The van der Waals surface area contributed by atoms with E-state index in [1.54, 1.807) is 13.8 Å². The molecule has 3 heteroatoms. The van der Waals surface area contributed by atoms with Crippen LogP contribution in [0.4, 0.5) is 0 Å². The van der Waals surface area contributed by atoms with Crippen LogP contribution in [0.15, 0.2) is 0 Å². The highest BCUT2D eigenvalue weighted by molar-refractivity contribution is 5.97. The molecule has 0 saturated heterocycles. The molecule has 0 atom stereocenters. The van der Waals surface area contributed by atoms with Gasteiger partial charge in [-0.2, -0.15) is 0 Å². The van der Waals surface area contributed by atoms with Crippen molar-refractivity contribution >= 4 is 11.7 Å². The van der Waals surface area contributed by atoms with Crippen LogP contribution in [0.5, 0.6) is 0 Å².